The highest BCUT2D eigenvalue weighted by molar-refractivity contribution is 4.79. The summed E-state index contributed by atoms with van der Waals surface area (Å²) in [5.74, 6) is 1.01. The smallest absolute Gasteiger partial charge is 0.00953 e. The summed E-state index contributed by atoms with van der Waals surface area (Å²) >= 11 is 0. The largest absolute Gasteiger partial charge is 0.303 e. The monoisotopic (exact) mass is 253 g/mol. The summed E-state index contributed by atoms with van der Waals surface area (Å²) in [5.41, 5.74) is 0. The zero-order chi connectivity index (χ0) is 13.2. The zero-order valence-corrected chi connectivity index (χ0v) is 13.1. The van der Waals surface area contributed by atoms with Gasteiger partial charge in [-0.25, -0.2) is 0 Å². The Morgan fingerprint density at radius 3 is 2.33 bits per heavy atom. The molecular formula is C17H35N. The van der Waals surface area contributed by atoms with E-state index in [1.165, 1.54) is 77.2 Å². The Morgan fingerprint density at radius 2 is 1.72 bits per heavy atom. The van der Waals surface area contributed by atoms with Gasteiger partial charge in [0.05, 0.1) is 0 Å². The molecule has 18 heavy (non-hydrogen) atoms. The summed E-state index contributed by atoms with van der Waals surface area (Å²) < 4.78 is 0. The number of unbranched alkanes of at least 4 members (excludes halogenated alkanes) is 4. The van der Waals surface area contributed by atoms with Crippen LogP contribution in [0.2, 0.25) is 0 Å². The molecule has 0 bridgehead atoms. The Hall–Kier alpha value is -0.0400. The van der Waals surface area contributed by atoms with Crippen LogP contribution >= 0.6 is 0 Å². The van der Waals surface area contributed by atoms with Gasteiger partial charge in [-0.1, -0.05) is 65.2 Å². The Morgan fingerprint density at radius 1 is 1.00 bits per heavy atom. The van der Waals surface area contributed by atoms with E-state index in [1.54, 1.807) is 0 Å². The number of nitrogens with zero attached hydrogens (tertiary/aromatic N) is 1. The second-order valence-corrected chi connectivity index (χ2v) is 6.37. The van der Waals surface area contributed by atoms with Gasteiger partial charge in [-0.05, 0) is 38.8 Å². The Bertz CT molecular complexity index is 190. The third-order valence-electron chi connectivity index (χ3n) is 4.71. The molecule has 1 heterocycles. The maximum Gasteiger partial charge on any atom is 0.00953 e. The van der Waals surface area contributed by atoms with Gasteiger partial charge in [-0.2, -0.15) is 0 Å². The van der Waals surface area contributed by atoms with Crippen LogP contribution in [0.1, 0.15) is 84.5 Å². The average molecular weight is 253 g/mol. The predicted octanol–water partition coefficient (Wildman–Crippen LogP) is 5.25. The van der Waals surface area contributed by atoms with Gasteiger partial charge < -0.3 is 4.90 Å². The SMILES string of the molecule is CCCCCCC(CCCC)C[C@H]1CCCN1C. The Balaban J connectivity index is 2.25. The lowest BCUT2D eigenvalue weighted by molar-refractivity contribution is 0.243. The number of hydrogen-bond donors (Lipinski definition) is 0. The van der Waals surface area contributed by atoms with Gasteiger partial charge in [-0.15, -0.1) is 0 Å². The molecule has 0 spiro atoms. The van der Waals surface area contributed by atoms with Crippen LogP contribution in [0.3, 0.4) is 0 Å². The second-order valence-electron chi connectivity index (χ2n) is 6.37. The van der Waals surface area contributed by atoms with Crippen LogP contribution in [-0.4, -0.2) is 24.5 Å². The van der Waals surface area contributed by atoms with E-state index >= 15 is 0 Å². The maximum absolute atomic E-state index is 2.60. The molecule has 0 aromatic heterocycles. The van der Waals surface area contributed by atoms with Gasteiger partial charge in [0.15, 0.2) is 0 Å². The maximum atomic E-state index is 2.60. The van der Waals surface area contributed by atoms with Crippen molar-refractivity contribution in [1.82, 2.24) is 4.90 Å². The minimum Gasteiger partial charge on any atom is -0.303 e. The molecule has 1 unspecified atom stereocenters. The molecule has 1 fully saturated rings. The normalized spacial score (nSPS) is 22.5. The molecule has 0 aromatic rings. The van der Waals surface area contributed by atoms with Crippen LogP contribution in [0.25, 0.3) is 0 Å². The minimum absolute atomic E-state index is 0.901. The van der Waals surface area contributed by atoms with Crippen molar-refractivity contribution in [3.8, 4) is 0 Å². The van der Waals surface area contributed by atoms with Crippen LogP contribution in [0.15, 0.2) is 0 Å². The molecule has 1 rings (SSSR count). The van der Waals surface area contributed by atoms with Gasteiger partial charge in [0.1, 0.15) is 0 Å². The molecule has 1 saturated heterocycles. The molecule has 0 amide bonds. The molecule has 0 saturated carbocycles. The van der Waals surface area contributed by atoms with E-state index in [0.717, 1.165) is 12.0 Å². The highest BCUT2D eigenvalue weighted by Crippen LogP contribution is 2.28. The first-order valence-corrected chi connectivity index (χ1v) is 8.48. The first-order chi connectivity index (χ1) is 8.77. The summed E-state index contributed by atoms with van der Waals surface area (Å²) in [7, 11) is 2.33. The van der Waals surface area contributed by atoms with Crippen molar-refractivity contribution in [1.29, 1.82) is 0 Å². The topological polar surface area (TPSA) is 3.24 Å². The quantitative estimate of drug-likeness (QED) is 0.481. The van der Waals surface area contributed by atoms with Crippen molar-refractivity contribution < 1.29 is 0 Å². The van der Waals surface area contributed by atoms with E-state index in [1.807, 2.05) is 0 Å². The summed E-state index contributed by atoms with van der Waals surface area (Å²) in [6.07, 6.45) is 15.9. The second kappa shape index (κ2) is 9.83. The summed E-state index contributed by atoms with van der Waals surface area (Å²) in [6.45, 7) is 5.97. The fourth-order valence-electron chi connectivity index (χ4n) is 3.39. The van der Waals surface area contributed by atoms with Crippen molar-refractivity contribution >= 4 is 0 Å². The number of rotatable bonds is 10. The summed E-state index contributed by atoms with van der Waals surface area (Å²) in [4.78, 5) is 2.60. The van der Waals surface area contributed by atoms with E-state index < -0.39 is 0 Å². The summed E-state index contributed by atoms with van der Waals surface area (Å²) in [5, 5.41) is 0. The molecular weight excluding hydrogens is 218 g/mol. The lowest BCUT2D eigenvalue weighted by Crippen LogP contribution is -2.27. The molecule has 0 aromatic carbocycles. The van der Waals surface area contributed by atoms with E-state index in [4.69, 9.17) is 0 Å². The van der Waals surface area contributed by atoms with Gasteiger partial charge in [0.2, 0.25) is 0 Å². The van der Waals surface area contributed by atoms with Gasteiger partial charge in [-0.3, -0.25) is 0 Å². The number of likely N-dealkylation sites (tertiary alicyclic amines) is 1. The molecule has 1 nitrogen and oxygen atoms in total. The Kier molecular flexibility index (Phi) is 8.75. The molecule has 0 radical (unpaired) electrons. The summed E-state index contributed by atoms with van der Waals surface area (Å²) in [6, 6.07) is 0.901. The van der Waals surface area contributed by atoms with Gasteiger partial charge >= 0.3 is 0 Å². The molecule has 1 heteroatoms. The third kappa shape index (κ3) is 6.22. The van der Waals surface area contributed by atoms with Crippen LogP contribution in [0, 0.1) is 5.92 Å². The zero-order valence-electron chi connectivity index (χ0n) is 13.1. The average Bonchev–Trinajstić information content (AvgIpc) is 2.77. The first-order valence-electron chi connectivity index (χ1n) is 8.48. The van der Waals surface area contributed by atoms with Gasteiger partial charge in [0, 0.05) is 6.04 Å². The highest BCUT2D eigenvalue weighted by Gasteiger charge is 2.23. The van der Waals surface area contributed by atoms with Gasteiger partial charge in [0.25, 0.3) is 0 Å². The van der Waals surface area contributed by atoms with E-state index in [2.05, 4.69) is 25.8 Å². The van der Waals surface area contributed by atoms with Crippen LogP contribution in [-0.2, 0) is 0 Å². The van der Waals surface area contributed by atoms with Crippen molar-refractivity contribution in [2.75, 3.05) is 13.6 Å². The highest BCUT2D eigenvalue weighted by atomic mass is 15.1. The predicted molar refractivity (Wildman–Crippen MR) is 82.0 cm³/mol. The van der Waals surface area contributed by atoms with Crippen molar-refractivity contribution in [2.24, 2.45) is 5.92 Å². The lowest BCUT2D eigenvalue weighted by Gasteiger charge is -2.25. The first kappa shape index (κ1) is 16.0. The van der Waals surface area contributed by atoms with Crippen molar-refractivity contribution in [3.63, 3.8) is 0 Å². The van der Waals surface area contributed by atoms with Crippen LogP contribution in [0.5, 0.6) is 0 Å². The number of hydrogen-bond acceptors (Lipinski definition) is 1. The lowest BCUT2D eigenvalue weighted by atomic mass is 9.88. The molecule has 108 valence electrons. The van der Waals surface area contributed by atoms with E-state index in [9.17, 15) is 0 Å². The molecule has 1 aliphatic rings. The van der Waals surface area contributed by atoms with Crippen molar-refractivity contribution in [3.05, 3.63) is 0 Å². The fourth-order valence-corrected chi connectivity index (χ4v) is 3.39. The van der Waals surface area contributed by atoms with E-state index in [0.29, 0.717) is 0 Å². The Labute approximate surface area is 115 Å². The van der Waals surface area contributed by atoms with Crippen molar-refractivity contribution in [2.45, 2.75) is 90.5 Å². The molecule has 0 aliphatic carbocycles. The molecule has 0 N–H and O–H groups in total. The molecule has 2 atom stereocenters. The van der Waals surface area contributed by atoms with E-state index in [-0.39, 0.29) is 0 Å². The molecule has 1 aliphatic heterocycles. The van der Waals surface area contributed by atoms with Crippen LogP contribution < -0.4 is 0 Å². The van der Waals surface area contributed by atoms with Crippen LogP contribution in [0.4, 0.5) is 0 Å². The fraction of sp³-hybridized carbons (Fsp3) is 1.00. The standard InChI is InChI=1S/C17H35N/c1-4-6-8-9-12-16(11-7-5-2)15-17-13-10-14-18(17)3/h16-17H,4-15H2,1-3H3/t16?,17-/m1/s1. The third-order valence-corrected chi connectivity index (χ3v) is 4.71. The minimum atomic E-state index is 0.901.